The first-order valence-electron chi connectivity index (χ1n) is 6.07. The summed E-state index contributed by atoms with van der Waals surface area (Å²) in [6.45, 7) is 1.99. The van der Waals surface area contributed by atoms with Gasteiger partial charge in [0, 0.05) is 11.6 Å². The Morgan fingerprint density at radius 1 is 1.37 bits per heavy atom. The Kier molecular flexibility index (Phi) is 4.93. The maximum atomic E-state index is 12.8. The molecule has 1 heterocycles. The van der Waals surface area contributed by atoms with Crippen molar-refractivity contribution in [3.8, 4) is 11.4 Å². The zero-order valence-corrected chi connectivity index (χ0v) is 11.5. The molecule has 0 spiro atoms. The molecule has 0 saturated carbocycles. The number of thioether (sulfide) groups is 1. The van der Waals surface area contributed by atoms with Gasteiger partial charge in [-0.1, -0.05) is 5.16 Å². The molecule has 2 N–H and O–H groups in total. The second-order valence-corrected chi connectivity index (χ2v) is 5.44. The van der Waals surface area contributed by atoms with E-state index < -0.39 is 0 Å². The van der Waals surface area contributed by atoms with Gasteiger partial charge < -0.3 is 10.3 Å². The lowest BCUT2D eigenvalue weighted by molar-refractivity contribution is 0.391. The van der Waals surface area contributed by atoms with Crippen LogP contribution in [0.3, 0.4) is 0 Å². The molecular formula is C13H16FN3OS. The summed E-state index contributed by atoms with van der Waals surface area (Å²) < 4.78 is 17.9. The first kappa shape index (κ1) is 14.0. The van der Waals surface area contributed by atoms with E-state index in [1.807, 2.05) is 6.92 Å². The number of halogens is 1. The zero-order chi connectivity index (χ0) is 13.7. The highest BCUT2D eigenvalue weighted by Crippen LogP contribution is 2.18. The van der Waals surface area contributed by atoms with Gasteiger partial charge in [0.15, 0.2) is 0 Å². The number of rotatable bonds is 6. The molecule has 0 aliphatic carbocycles. The van der Waals surface area contributed by atoms with Crippen molar-refractivity contribution >= 4 is 11.8 Å². The second kappa shape index (κ2) is 6.68. The van der Waals surface area contributed by atoms with E-state index in [4.69, 9.17) is 10.3 Å². The van der Waals surface area contributed by atoms with Crippen molar-refractivity contribution in [2.75, 3.05) is 5.75 Å². The molecule has 1 aromatic carbocycles. The van der Waals surface area contributed by atoms with Crippen LogP contribution in [0.5, 0.6) is 0 Å². The monoisotopic (exact) mass is 281 g/mol. The molecule has 1 unspecified atom stereocenters. The number of hydrogen-bond acceptors (Lipinski definition) is 5. The largest absolute Gasteiger partial charge is 0.338 e. The van der Waals surface area contributed by atoms with Crippen molar-refractivity contribution in [2.45, 2.75) is 25.1 Å². The predicted octanol–water partition coefficient (Wildman–Crippen LogP) is 2.85. The standard InChI is InChI=1S/C13H16FN3OS/c1-9(15)6-7-19-8-12-16-13(17-18-12)10-2-4-11(14)5-3-10/h2-5,9H,6-8,15H2,1H3. The number of hydrogen-bond donors (Lipinski definition) is 1. The summed E-state index contributed by atoms with van der Waals surface area (Å²) in [5, 5.41) is 3.88. The van der Waals surface area contributed by atoms with Crippen LogP contribution in [-0.4, -0.2) is 21.9 Å². The van der Waals surface area contributed by atoms with Crippen molar-refractivity contribution in [3.63, 3.8) is 0 Å². The van der Waals surface area contributed by atoms with E-state index >= 15 is 0 Å². The summed E-state index contributed by atoms with van der Waals surface area (Å²) in [5.74, 6) is 2.42. The van der Waals surface area contributed by atoms with E-state index in [-0.39, 0.29) is 11.9 Å². The minimum absolute atomic E-state index is 0.213. The van der Waals surface area contributed by atoms with Gasteiger partial charge in [0.05, 0.1) is 5.75 Å². The van der Waals surface area contributed by atoms with Gasteiger partial charge in [-0.2, -0.15) is 16.7 Å². The maximum Gasteiger partial charge on any atom is 0.236 e. The van der Waals surface area contributed by atoms with Crippen LogP contribution in [0.4, 0.5) is 4.39 Å². The van der Waals surface area contributed by atoms with E-state index in [1.54, 1.807) is 23.9 Å². The maximum absolute atomic E-state index is 12.8. The van der Waals surface area contributed by atoms with E-state index in [0.29, 0.717) is 17.5 Å². The van der Waals surface area contributed by atoms with Crippen molar-refractivity contribution in [1.82, 2.24) is 10.1 Å². The topological polar surface area (TPSA) is 64.9 Å². The fourth-order valence-corrected chi connectivity index (χ4v) is 2.43. The highest BCUT2D eigenvalue weighted by molar-refractivity contribution is 7.98. The zero-order valence-electron chi connectivity index (χ0n) is 10.7. The molecule has 1 atom stereocenters. The summed E-state index contributed by atoms with van der Waals surface area (Å²) in [6.07, 6.45) is 0.962. The number of nitrogens with zero attached hydrogens (tertiary/aromatic N) is 2. The van der Waals surface area contributed by atoms with Gasteiger partial charge in [0.25, 0.3) is 0 Å². The van der Waals surface area contributed by atoms with Crippen LogP contribution >= 0.6 is 11.8 Å². The molecule has 2 aromatic rings. The molecule has 102 valence electrons. The normalized spacial score (nSPS) is 12.6. The average molecular weight is 281 g/mol. The highest BCUT2D eigenvalue weighted by atomic mass is 32.2. The summed E-state index contributed by atoms with van der Waals surface area (Å²) in [6, 6.07) is 6.23. The van der Waals surface area contributed by atoms with Crippen LogP contribution in [0.2, 0.25) is 0 Å². The minimum Gasteiger partial charge on any atom is -0.338 e. The Bertz CT molecular complexity index is 513. The second-order valence-electron chi connectivity index (χ2n) is 4.34. The summed E-state index contributed by atoms with van der Waals surface area (Å²) >= 11 is 1.71. The molecule has 1 aromatic heterocycles. The van der Waals surface area contributed by atoms with Gasteiger partial charge in [-0.05, 0) is 43.4 Å². The molecule has 19 heavy (non-hydrogen) atoms. The third kappa shape index (κ3) is 4.33. The van der Waals surface area contributed by atoms with E-state index in [0.717, 1.165) is 17.7 Å². The van der Waals surface area contributed by atoms with Gasteiger partial charge >= 0.3 is 0 Å². The Balaban J connectivity index is 1.90. The van der Waals surface area contributed by atoms with Crippen LogP contribution in [0.15, 0.2) is 28.8 Å². The summed E-state index contributed by atoms with van der Waals surface area (Å²) in [4.78, 5) is 4.27. The van der Waals surface area contributed by atoms with Gasteiger partial charge in [-0.15, -0.1) is 0 Å². The lowest BCUT2D eigenvalue weighted by atomic mass is 10.2. The van der Waals surface area contributed by atoms with Crippen LogP contribution in [0, 0.1) is 5.82 Å². The smallest absolute Gasteiger partial charge is 0.236 e. The SMILES string of the molecule is CC(N)CCSCc1nc(-c2ccc(F)cc2)no1. The molecule has 4 nitrogen and oxygen atoms in total. The first-order valence-corrected chi connectivity index (χ1v) is 7.22. The summed E-state index contributed by atoms with van der Waals surface area (Å²) in [5.41, 5.74) is 6.42. The fraction of sp³-hybridized carbons (Fsp3) is 0.385. The van der Waals surface area contributed by atoms with Crippen LogP contribution in [0.25, 0.3) is 11.4 Å². The Morgan fingerprint density at radius 2 is 2.11 bits per heavy atom. The molecule has 0 amide bonds. The van der Waals surface area contributed by atoms with Crippen LogP contribution in [0.1, 0.15) is 19.2 Å². The third-order valence-corrected chi connectivity index (χ3v) is 3.49. The fourth-order valence-electron chi connectivity index (χ4n) is 1.46. The molecule has 0 fully saturated rings. The van der Waals surface area contributed by atoms with Crippen LogP contribution in [-0.2, 0) is 5.75 Å². The van der Waals surface area contributed by atoms with E-state index in [2.05, 4.69) is 10.1 Å². The lowest BCUT2D eigenvalue weighted by Crippen LogP contribution is -2.15. The third-order valence-electron chi connectivity index (χ3n) is 2.51. The average Bonchev–Trinajstić information content (AvgIpc) is 2.84. The molecule has 0 radical (unpaired) electrons. The number of nitrogens with two attached hydrogens (primary N) is 1. The van der Waals surface area contributed by atoms with Crippen molar-refractivity contribution in [3.05, 3.63) is 36.0 Å². The molecule has 0 bridgehead atoms. The minimum atomic E-state index is -0.279. The quantitative estimate of drug-likeness (QED) is 0.825. The summed E-state index contributed by atoms with van der Waals surface area (Å²) in [7, 11) is 0. The Hall–Kier alpha value is -1.40. The van der Waals surface area contributed by atoms with Crippen molar-refractivity contribution in [2.24, 2.45) is 5.73 Å². The van der Waals surface area contributed by atoms with Gasteiger partial charge in [0.2, 0.25) is 11.7 Å². The molecule has 0 aliphatic heterocycles. The van der Waals surface area contributed by atoms with Crippen molar-refractivity contribution < 1.29 is 8.91 Å². The van der Waals surface area contributed by atoms with E-state index in [1.165, 1.54) is 12.1 Å². The Morgan fingerprint density at radius 3 is 2.79 bits per heavy atom. The van der Waals surface area contributed by atoms with Crippen molar-refractivity contribution in [1.29, 1.82) is 0 Å². The van der Waals surface area contributed by atoms with E-state index in [9.17, 15) is 4.39 Å². The predicted molar refractivity (Wildman–Crippen MR) is 74.1 cm³/mol. The molecule has 0 saturated heterocycles. The number of benzene rings is 1. The molecule has 0 aliphatic rings. The highest BCUT2D eigenvalue weighted by Gasteiger charge is 2.08. The van der Waals surface area contributed by atoms with Gasteiger partial charge in [-0.3, -0.25) is 0 Å². The molecule has 2 rings (SSSR count). The number of aromatic nitrogens is 2. The Labute approximate surface area is 115 Å². The van der Waals surface area contributed by atoms with Crippen LogP contribution < -0.4 is 5.73 Å². The van der Waals surface area contributed by atoms with Gasteiger partial charge in [0.1, 0.15) is 5.82 Å². The molecule has 6 heteroatoms. The first-order chi connectivity index (χ1) is 9.15. The van der Waals surface area contributed by atoms with Gasteiger partial charge in [-0.25, -0.2) is 4.39 Å². The molecular weight excluding hydrogens is 265 g/mol. The lowest BCUT2D eigenvalue weighted by Gasteiger charge is -2.01.